The first-order valence-corrected chi connectivity index (χ1v) is 9.12. The number of fused-ring (bicyclic) bond motifs is 2. The molecule has 3 fully saturated rings. The SMILES string of the molecule is C=C(C)[C@@H]1C[C@H]2O[C@@](O)(/C(C)=C\C(=O)/C=C(/C)C[C@@H]3OC(=O)[C@]24O[C@@H]34)[C@H]1O. The van der Waals surface area contributed by atoms with E-state index < -0.39 is 47.7 Å². The van der Waals surface area contributed by atoms with Crippen LogP contribution in [0.2, 0.25) is 0 Å². The van der Waals surface area contributed by atoms with Crippen LogP contribution in [0.5, 0.6) is 0 Å². The molecular formula is C20H24O7. The van der Waals surface area contributed by atoms with Crippen LogP contribution < -0.4 is 0 Å². The maximum atomic E-state index is 12.6. The zero-order valence-corrected chi connectivity index (χ0v) is 15.6. The number of epoxide rings is 1. The van der Waals surface area contributed by atoms with Gasteiger partial charge in [0.2, 0.25) is 11.4 Å². The quantitative estimate of drug-likeness (QED) is 0.399. The number of aliphatic hydroxyl groups is 2. The fraction of sp³-hybridized carbons (Fsp3) is 0.600. The van der Waals surface area contributed by atoms with Gasteiger partial charge in [0.15, 0.2) is 5.78 Å². The number of esters is 1. The van der Waals surface area contributed by atoms with Crippen LogP contribution in [0, 0.1) is 5.92 Å². The summed E-state index contributed by atoms with van der Waals surface area (Å²) in [5.41, 5.74) is 0.271. The average molecular weight is 376 g/mol. The summed E-state index contributed by atoms with van der Waals surface area (Å²) in [5.74, 6) is -3.52. The van der Waals surface area contributed by atoms with E-state index in [1.165, 1.54) is 19.1 Å². The molecule has 0 amide bonds. The predicted molar refractivity (Wildman–Crippen MR) is 93.4 cm³/mol. The second-order valence-corrected chi connectivity index (χ2v) is 8.14. The minimum absolute atomic E-state index is 0.164. The Morgan fingerprint density at radius 3 is 2.59 bits per heavy atom. The molecule has 7 atom stereocenters. The molecular weight excluding hydrogens is 352 g/mol. The molecule has 0 radical (unpaired) electrons. The second kappa shape index (κ2) is 5.85. The summed E-state index contributed by atoms with van der Waals surface area (Å²) >= 11 is 0. The molecule has 3 saturated heterocycles. The van der Waals surface area contributed by atoms with Gasteiger partial charge in [-0.05, 0) is 44.9 Å². The molecule has 0 spiro atoms. The Bertz CT molecular complexity index is 796. The van der Waals surface area contributed by atoms with Crippen molar-refractivity contribution in [3.05, 3.63) is 35.5 Å². The number of ketones is 1. The van der Waals surface area contributed by atoms with Crippen molar-refractivity contribution in [2.45, 2.75) is 69.4 Å². The molecule has 0 aromatic rings. The molecule has 4 heterocycles. The van der Waals surface area contributed by atoms with Crippen molar-refractivity contribution in [3.8, 4) is 0 Å². The molecule has 0 saturated carbocycles. The molecule has 4 aliphatic heterocycles. The standard InChI is InChI=1S/C20H24O7/c1-9(2)13-8-15-19-17(27-19)14(25-18(19)23)6-10(3)5-12(21)7-11(4)20(24,26-15)16(13)22/h5,7,13-17,22,24H,1,6,8H2,2-4H3/b10-5-,11-7-/t13-,14-,15+,16-,17-,19-,20-/m0/s1. The lowest BCUT2D eigenvalue weighted by Gasteiger charge is -2.46. The topological polar surface area (TPSA) is 106 Å². The normalized spacial score (nSPS) is 50.2. The van der Waals surface area contributed by atoms with Crippen molar-refractivity contribution in [1.29, 1.82) is 0 Å². The molecule has 7 heteroatoms. The minimum atomic E-state index is -2.13. The van der Waals surface area contributed by atoms with Gasteiger partial charge in [-0.15, -0.1) is 0 Å². The van der Waals surface area contributed by atoms with Crippen molar-refractivity contribution in [2.75, 3.05) is 0 Å². The van der Waals surface area contributed by atoms with Gasteiger partial charge in [0, 0.05) is 12.3 Å². The Hall–Kier alpha value is -1.80. The number of rotatable bonds is 1. The highest BCUT2D eigenvalue weighted by molar-refractivity contribution is 6.00. The van der Waals surface area contributed by atoms with Crippen LogP contribution in [0.15, 0.2) is 35.5 Å². The summed E-state index contributed by atoms with van der Waals surface area (Å²) in [4.78, 5) is 25.0. The molecule has 4 rings (SSSR count). The van der Waals surface area contributed by atoms with Crippen molar-refractivity contribution >= 4 is 11.8 Å². The van der Waals surface area contributed by atoms with Crippen molar-refractivity contribution in [2.24, 2.45) is 5.92 Å². The highest BCUT2D eigenvalue weighted by Gasteiger charge is 2.78. The van der Waals surface area contributed by atoms with Gasteiger partial charge >= 0.3 is 5.97 Å². The van der Waals surface area contributed by atoms with E-state index in [4.69, 9.17) is 14.2 Å². The molecule has 0 aromatic heterocycles. The third kappa shape index (κ3) is 2.56. The van der Waals surface area contributed by atoms with Gasteiger partial charge in [-0.3, -0.25) is 4.79 Å². The molecule has 146 valence electrons. The Morgan fingerprint density at radius 2 is 1.96 bits per heavy atom. The predicted octanol–water partition coefficient (Wildman–Crippen LogP) is 0.945. The summed E-state index contributed by atoms with van der Waals surface area (Å²) in [7, 11) is 0. The van der Waals surface area contributed by atoms with Gasteiger partial charge < -0.3 is 24.4 Å². The van der Waals surface area contributed by atoms with E-state index in [1.807, 2.05) is 0 Å². The lowest BCUT2D eigenvalue weighted by molar-refractivity contribution is -0.297. The van der Waals surface area contributed by atoms with E-state index >= 15 is 0 Å². The number of ether oxygens (including phenoxy) is 3. The van der Waals surface area contributed by atoms with Crippen LogP contribution in [0.3, 0.4) is 0 Å². The molecule has 27 heavy (non-hydrogen) atoms. The van der Waals surface area contributed by atoms with E-state index in [1.54, 1.807) is 13.8 Å². The number of allylic oxidation sites excluding steroid dienone is 2. The summed E-state index contributed by atoms with van der Waals surface area (Å²) < 4.78 is 17.1. The fourth-order valence-electron chi connectivity index (χ4n) is 4.53. The number of aliphatic hydroxyl groups excluding tert-OH is 1. The van der Waals surface area contributed by atoms with Gasteiger partial charge in [-0.2, -0.15) is 0 Å². The number of carbonyl (C=O) groups is 2. The summed E-state index contributed by atoms with van der Waals surface area (Å²) in [6.45, 7) is 8.95. The zero-order valence-electron chi connectivity index (χ0n) is 15.6. The average Bonchev–Trinajstić information content (AvgIpc) is 3.26. The lowest BCUT2D eigenvalue weighted by Crippen LogP contribution is -2.60. The van der Waals surface area contributed by atoms with Crippen molar-refractivity contribution in [1.82, 2.24) is 0 Å². The number of hydrogen-bond donors (Lipinski definition) is 2. The zero-order chi connectivity index (χ0) is 19.7. The molecule has 0 unspecified atom stereocenters. The second-order valence-electron chi connectivity index (χ2n) is 8.14. The molecule has 4 aliphatic rings. The summed E-state index contributed by atoms with van der Waals surface area (Å²) in [5, 5.41) is 22.0. The first-order valence-electron chi connectivity index (χ1n) is 9.12. The molecule has 0 aromatic carbocycles. The van der Waals surface area contributed by atoms with E-state index in [2.05, 4.69) is 6.58 Å². The van der Waals surface area contributed by atoms with Gasteiger partial charge in [0.25, 0.3) is 0 Å². The highest BCUT2D eigenvalue weighted by Crippen LogP contribution is 2.56. The van der Waals surface area contributed by atoms with Gasteiger partial charge in [-0.1, -0.05) is 17.7 Å². The van der Waals surface area contributed by atoms with Crippen LogP contribution in [0.1, 0.15) is 33.6 Å². The van der Waals surface area contributed by atoms with Gasteiger partial charge in [-0.25, -0.2) is 4.79 Å². The van der Waals surface area contributed by atoms with Crippen LogP contribution in [0.25, 0.3) is 0 Å². The monoisotopic (exact) mass is 376 g/mol. The fourth-order valence-corrected chi connectivity index (χ4v) is 4.53. The van der Waals surface area contributed by atoms with E-state index in [0.717, 1.165) is 5.57 Å². The van der Waals surface area contributed by atoms with Crippen molar-refractivity contribution in [3.63, 3.8) is 0 Å². The van der Waals surface area contributed by atoms with E-state index in [-0.39, 0.29) is 17.8 Å². The molecule has 0 aliphatic carbocycles. The van der Waals surface area contributed by atoms with Crippen LogP contribution >= 0.6 is 0 Å². The Labute approximate surface area is 157 Å². The van der Waals surface area contributed by atoms with Crippen LogP contribution in [-0.4, -0.2) is 57.8 Å². The lowest BCUT2D eigenvalue weighted by atomic mass is 9.76. The smallest absolute Gasteiger partial charge is 0.344 e. The first-order chi connectivity index (χ1) is 12.6. The summed E-state index contributed by atoms with van der Waals surface area (Å²) in [6, 6.07) is 0. The largest absolute Gasteiger partial charge is 0.457 e. The number of hydrogen-bond acceptors (Lipinski definition) is 7. The third-order valence-electron chi connectivity index (χ3n) is 6.12. The molecule has 7 nitrogen and oxygen atoms in total. The van der Waals surface area contributed by atoms with E-state index in [0.29, 0.717) is 12.0 Å². The van der Waals surface area contributed by atoms with Crippen LogP contribution in [0.4, 0.5) is 0 Å². The third-order valence-corrected chi connectivity index (χ3v) is 6.12. The Kier molecular flexibility index (Phi) is 4.02. The maximum Gasteiger partial charge on any atom is 0.344 e. The molecule has 2 N–H and O–H groups in total. The highest BCUT2D eigenvalue weighted by atomic mass is 16.7. The molecule has 4 bridgehead atoms. The van der Waals surface area contributed by atoms with E-state index in [9.17, 15) is 19.8 Å². The maximum absolute atomic E-state index is 12.6. The van der Waals surface area contributed by atoms with Crippen molar-refractivity contribution < 1.29 is 34.0 Å². The summed E-state index contributed by atoms with van der Waals surface area (Å²) in [6.07, 6.45) is 0.170. The first kappa shape index (κ1) is 18.6. The van der Waals surface area contributed by atoms with Gasteiger partial charge in [0.1, 0.15) is 24.4 Å². The number of carbonyl (C=O) groups excluding carboxylic acids is 2. The minimum Gasteiger partial charge on any atom is -0.457 e. The Morgan fingerprint density at radius 1 is 1.26 bits per heavy atom. The Balaban J connectivity index is 1.85. The van der Waals surface area contributed by atoms with Crippen LogP contribution in [-0.2, 0) is 23.8 Å². The van der Waals surface area contributed by atoms with Gasteiger partial charge in [0.05, 0.1) is 0 Å².